The number of nitrogens with one attached hydrogen (secondary N) is 1. The SMILES string of the molecule is COc1ccccc1N(C)S(=O)(=O)c1ccc(Cl)c(C(=O)OCC(=O)Nc2cc(Cl)ccc2C#N)c1. The molecule has 0 saturated heterocycles. The Morgan fingerprint density at radius 1 is 1.08 bits per heavy atom. The summed E-state index contributed by atoms with van der Waals surface area (Å²) in [6.45, 7) is -0.718. The predicted molar refractivity (Wildman–Crippen MR) is 135 cm³/mol. The number of esters is 1. The van der Waals surface area contributed by atoms with Gasteiger partial charge in [0.2, 0.25) is 0 Å². The second-order valence-electron chi connectivity index (χ2n) is 7.21. The molecule has 0 aromatic heterocycles. The minimum atomic E-state index is -4.12. The average molecular weight is 548 g/mol. The minimum absolute atomic E-state index is 0.0686. The second kappa shape index (κ2) is 11.3. The number of rotatable bonds is 8. The summed E-state index contributed by atoms with van der Waals surface area (Å²) in [6.07, 6.45) is 0. The van der Waals surface area contributed by atoms with Crippen LogP contribution in [0.1, 0.15) is 15.9 Å². The van der Waals surface area contributed by atoms with E-state index in [1.54, 1.807) is 24.3 Å². The summed E-state index contributed by atoms with van der Waals surface area (Å²) in [4.78, 5) is 24.7. The van der Waals surface area contributed by atoms with Crippen molar-refractivity contribution in [1.29, 1.82) is 5.26 Å². The molecule has 36 heavy (non-hydrogen) atoms. The van der Waals surface area contributed by atoms with Crippen LogP contribution in [0, 0.1) is 11.3 Å². The van der Waals surface area contributed by atoms with Gasteiger partial charge in [0.05, 0.1) is 39.5 Å². The van der Waals surface area contributed by atoms with Crippen molar-refractivity contribution in [3.8, 4) is 11.8 Å². The molecule has 0 heterocycles. The summed E-state index contributed by atoms with van der Waals surface area (Å²) in [5, 5.41) is 11.8. The second-order valence-corrected chi connectivity index (χ2v) is 10.0. The van der Waals surface area contributed by atoms with Gasteiger partial charge in [0.25, 0.3) is 15.9 Å². The van der Waals surface area contributed by atoms with E-state index in [-0.39, 0.29) is 32.4 Å². The molecule has 0 atom stereocenters. The lowest BCUT2D eigenvalue weighted by Crippen LogP contribution is -2.27. The van der Waals surface area contributed by atoms with Crippen molar-refractivity contribution in [2.45, 2.75) is 4.90 Å². The number of amides is 1. The minimum Gasteiger partial charge on any atom is -0.495 e. The van der Waals surface area contributed by atoms with Gasteiger partial charge in [0, 0.05) is 12.1 Å². The van der Waals surface area contributed by atoms with Crippen LogP contribution in [0.15, 0.2) is 65.6 Å². The van der Waals surface area contributed by atoms with Gasteiger partial charge in [0.1, 0.15) is 11.8 Å². The number of hydrogen-bond donors (Lipinski definition) is 1. The molecule has 0 unspecified atom stereocenters. The molecule has 0 saturated carbocycles. The van der Waals surface area contributed by atoms with Crippen molar-refractivity contribution in [2.75, 3.05) is 30.4 Å². The van der Waals surface area contributed by atoms with Gasteiger partial charge in [-0.15, -0.1) is 0 Å². The van der Waals surface area contributed by atoms with Gasteiger partial charge in [-0.1, -0.05) is 35.3 Å². The number of hydrogen-bond acceptors (Lipinski definition) is 7. The zero-order valence-electron chi connectivity index (χ0n) is 19.0. The van der Waals surface area contributed by atoms with Crippen LogP contribution in [0.2, 0.25) is 10.0 Å². The average Bonchev–Trinajstić information content (AvgIpc) is 2.87. The smallest absolute Gasteiger partial charge is 0.340 e. The first kappa shape index (κ1) is 26.8. The van der Waals surface area contributed by atoms with Gasteiger partial charge < -0.3 is 14.8 Å². The summed E-state index contributed by atoms with van der Waals surface area (Å²) < 4.78 is 37.7. The molecule has 186 valence electrons. The Bertz CT molecular complexity index is 1470. The lowest BCUT2D eigenvalue weighted by Gasteiger charge is -2.22. The fourth-order valence-electron chi connectivity index (χ4n) is 3.11. The number of para-hydroxylation sites is 2. The number of methoxy groups -OCH3 is 1. The van der Waals surface area contributed by atoms with Gasteiger partial charge >= 0.3 is 5.97 Å². The van der Waals surface area contributed by atoms with Gasteiger partial charge in [-0.3, -0.25) is 9.10 Å². The van der Waals surface area contributed by atoms with Gasteiger partial charge in [-0.25, -0.2) is 13.2 Å². The number of carbonyl (C=O) groups is 2. The van der Waals surface area contributed by atoms with Crippen LogP contribution in [-0.2, 0) is 19.6 Å². The molecule has 12 heteroatoms. The van der Waals surface area contributed by atoms with Crippen molar-refractivity contribution >= 4 is 56.5 Å². The maximum absolute atomic E-state index is 13.2. The number of carbonyl (C=O) groups excluding carboxylic acids is 2. The quantitative estimate of drug-likeness (QED) is 0.411. The van der Waals surface area contributed by atoms with E-state index in [1.807, 2.05) is 6.07 Å². The van der Waals surface area contributed by atoms with E-state index in [1.165, 1.54) is 44.5 Å². The van der Waals surface area contributed by atoms with Crippen LogP contribution in [0.25, 0.3) is 0 Å². The fraction of sp³-hybridized carbons (Fsp3) is 0.125. The van der Waals surface area contributed by atoms with Crippen molar-refractivity contribution in [3.05, 3.63) is 81.8 Å². The van der Waals surface area contributed by atoms with Crippen molar-refractivity contribution in [1.82, 2.24) is 0 Å². The standard InChI is InChI=1S/C24H19Cl2N3O6S/c1-29(21-5-3-4-6-22(21)34-2)36(32,33)17-9-10-19(26)18(12-17)24(31)35-14-23(30)28-20-11-16(25)8-7-15(20)13-27/h3-12H,14H2,1-2H3,(H,28,30). The first-order chi connectivity index (χ1) is 17.1. The molecule has 1 amide bonds. The first-order valence-electron chi connectivity index (χ1n) is 10.2. The van der Waals surface area contributed by atoms with Crippen LogP contribution >= 0.6 is 23.2 Å². The highest BCUT2D eigenvalue weighted by Crippen LogP contribution is 2.32. The highest BCUT2D eigenvalue weighted by molar-refractivity contribution is 7.92. The van der Waals surface area contributed by atoms with Crippen molar-refractivity contribution in [2.24, 2.45) is 0 Å². The molecule has 0 fully saturated rings. The van der Waals surface area contributed by atoms with Crippen LogP contribution < -0.4 is 14.4 Å². The Kier molecular flexibility index (Phi) is 8.42. The Morgan fingerprint density at radius 2 is 1.81 bits per heavy atom. The number of nitriles is 1. The largest absolute Gasteiger partial charge is 0.495 e. The Hall–Kier alpha value is -3.78. The third kappa shape index (κ3) is 5.88. The van der Waals surface area contributed by atoms with E-state index in [4.69, 9.17) is 37.9 Å². The van der Waals surface area contributed by atoms with E-state index in [2.05, 4.69) is 5.32 Å². The summed E-state index contributed by atoms with van der Waals surface area (Å²) >= 11 is 12.0. The summed E-state index contributed by atoms with van der Waals surface area (Å²) in [6, 6.07) is 16.3. The van der Waals surface area contributed by atoms with E-state index in [0.717, 1.165) is 10.4 Å². The number of halogens is 2. The third-order valence-corrected chi connectivity index (χ3v) is 7.28. The number of anilines is 2. The number of sulfonamides is 1. The molecule has 3 aromatic rings. The predicted octanol–water partition coefficient (Wildman–Crippen LogP) is 4.49. The third-order valence-electron chi connectivity index (χ3n) is 4.95. The van der Waals surface area contributed by atoms with Gasteiger partial charge in [-0.2, -0.15) is 5.26 Å². The lowest BCUT2D eigenvalue weighted by atomic mass is 10.2. The van der Waals surface area contributed by atoms with Crippen molar-refractivity contribution in [3.63, 3.8) is 0 Å². The van der Waals surface area contributed by atoms with E-state index in [9.17, 15) is 18.0 Å². The van der Waals surface area contributed by atoms with Crippen LogP contribution in [0.4, 0.5) is 11.4 Å². The zero-order valence-corrected chi connectivity index (χ0v) is 21.3. The van der Waals surface area contributed by atoms with Crippen LogP contribution in [0.5, 0.6) is 5.75 Å². The van der Waals surface area contributed by atoms with Gasteiger partial charge in [0.15, 0.2) is 6.61 Å². The topological polar surface area (TPSA) is 126 Å². The van der Waals surface area contributed by atoms with Crippen LogP contribution in [-0.4, -0.2) is 41.1 Å². The van der Waals surface area contributed by atoms with E-state index < -0.39 is 28.5 Å². The number of nitrogens with zero attached hydrogens (tertiary/aromatic N) is 2. The maximum Gasteiger partial charge on any atom is 0.340 e. The number of benzene rings is 3. The Balaban J connectivity index is 1.78. The van der Waals surface area contributed by atoms with Crippen molar-refractivity contribution < 1.29 is 27.5 Å². The Labute approximate surface area is 217 Å². The lowest BCUT2D eigenvalue weighted by molar-refractivity contribution is -0.119. The molecule has 0 aliphatic carbocycles. The normalized spacial score (nSPS) is 10.8. The first-order valence-corrected chi connectivity index (χ1v) is 12.4. The molecule has 0 spiro atoms. The van der Waals surface area contributed by atoms with E-state index >= 15 is 0 Å². The fourth-order valence-corrected chi connectivity index (χ4v) is 4.71. The number of ether oxygens (including phenoxy) is 2. The summed E-state index contributed by atoms with van der Waals surface area (Å²) in [5.74, 6) is -1.42. The Morgan fingerprint density at radius 3 is 2.50 bits per heavy atom. The summed E-state index contributed by atoms with van der Waals surface area (Å²) in [7, 11) is -1.36. The van der Waals surface area contributed by atoms with E-state index in [0.29, 0.717) is 10.8 Å². The molecule has 1 N–H and O–H groups in total. The maximum atomic E-state index is 13.2. The molecule has 0 radical (unpaired) electrons. The molecule has 3 rings (SSSR count). The highest BCUT2D eigenvalue weighted by Gasteiger charge is 2.26. The molecule has 9 nitrogen and oxygen atoms in total. The highest BCUT2D eigenvalue weighted by atomic mass is 35.5. The van der Waals surface area contributed by atoms with Crippen LogP contribution in [0.3, 0.4) is 0 Å². The molecule has 0 aliphatic rings. The molecule has 0 bridgehead atoms. The molecule has 0 aliphatic heterocycles. The summed E-state index contributed by atoms with van der Waals surface area (Å²) in [5.41, 5.74) is 0.351. The van der Waals surface area contributed by atoms with Gasteiger partial charge in [-0.05, 0) is 48.5 Å². The monoisotopic (exact) mass is 547 g/mol. The molecular weight excluding hydrogens is 529 g/mol. The molecular formula is C24H19Cl2N3O6S. The zero-order chi connectivity index (χ0) is 26.5. The molecule has 3 aromatic carbocycles.